The monoisotopic (exact) mass is 471 g/mol. The van der Waals surface area contributed by atoms with Gasteiger partial charge in [-0.3, -0.25) is 4.98 Å². The average Bonchev–Trinajstić information content (AvgIpc) is 3.19. The Balaban J connectivity index is 1.90. The van der Waals surface area contributed by atoms with Crippen LogP contribution < -0.4 is 9.47 Å². The van der Waals surface area contributed by atoms with Crippen LogP contribution >= 0.6 is 11.3 Å². The molecule has 6 nitrogen and oxygen atoms in total. The third-order valence-corrected chi connectivity index (χ3v) is 7.61. The lowest BCUT2D eigenvalue weighted by atomic mass is 10.1. The number of aromatic nitrogens is 2. The minimum Gasteiger partial charge on any atom is -0.497 e. The van der Waals surface area contributed by atoms with Gasteiger partial charge in [0, 0.05) is 29.5 Å². The Hall–Kier alpha value is -2.66. The molecule has 0 saturated heterocycles. The predicted molar refractivity (Wildman–Crippen MR) is 114 cm³/mol. The van der Waals surface area contributed by atoms with Crippen LogP contribution in [0, 0.1) is 0 Å². The first-order valence-corrected chi connectivity index (χ1v) is 11.8. The highest BCUT2D eigenvalue weighted by Gasteiger charge is 2.32. The fourth-order valence-corrected chi connectivity index (χ4v) is 5.06. The van der Waals surface area contributed by atoms with Crippen molar-refractivity contribution in [2.45, 2.75) is 18.3 Å². The van der Waals surface area contributed by atoms with Gasteiger partial charge in [-0.25, -0.2) is 9.19 Å². The van der Waals surface area contributed by atoms with Gasteiger partial charge in [-0.05, 0) is 30.7 Å². The van der Waals surface area contributed by atoms with Crippen LogP contribution in [0.2, 0.25) is 0 Å². The summed E-state index contributed by atoms with van der Waals surface area (Å²) in [7, 11) is 0.232. The maximum absolute atomic E-state index is 13.2. The lowest BCUT2D eigenvalue weighted by Crippen LogP contribution is -2.11. The van der Waals surface area contributed by atoms with E-state index in [-0.39, 0.29) is 0 Å². The molecule has 3 aromatic rings. The van der Waals surface area contributed by atoms with E-state index >= 15 is 0 Å². The number of thiazole rings is 1. The SMILES string of the molecule is COc1ccc(-c2csc(N=S(C)(=O)C(C)c3ccc(C(F)(F)F)nc3)n2)c(OC)c1. The molecule has 0 amide bonds. The Labute approximate surface area is 182 Å². The maximum atomic E-state index is 13.2. The van der Waals surface area contributed by atoms with E-state index in [1.165, 1.54) is 30.8 Å². The number of rotatable bonds is 6. The van der Waals surface area contributed by atoms with Crippen LogP contribution in [0.15, 0.2) is 46.3 Å². The third-order valence-electron chi connectivity index (χ3n) is 4.64. The molecule has 11 heteroatoms. The highest BCUT2D eigenvalue weighted by Crippen LogP contribution is 2.37. The number of ether oxygens (including phenoxy) is 2. The van der Waals surface area contributed by atoms with Crippen molar-refractivity contribution in [1.29, 1.82) is 0 Å². The van der Waals surface area contributed by atoms with E-state index in [1.807, 2.05) is 0 Å². The normalized spacial score (nSPS) is 14.5. The quantitative estimate of drug-likeness (QED) is 0.459. The Morgan fingerprint density at radius 1 is 1.16 bits per heavy atom. The van der Waals surface area contributed by atoms with Gasteiger partial charge in [-0.1, -0.05) is 6.07 Å². The summed E-state index contributed by atoms with van der Waals surface area (Å²) in [6.45, 7) is 1.64. The van der Waals surface area contributed by atoms with E-state index in [2.05, 4.69) is 14.3 Å². The minimum absolute atomic E-state index is 0.298. The number of methoxy groups -OCH3 is 2. The van der Waals surface area contributed by atoms with Crippen LogP contribution in [0.4, 0.5) is 18.3 Å². The number of benzene rings is 1. The molecule has 0 aliphatic carbocycles. The summed E-state index contributed by atoms with van der Waals surface area (Å²) < 4.78 is 66.2. The number of hydrogen-bond acceptors (Lipinski definition) is 7. The molecule has 0 saturated carbocycles. The number of halogens is 3. The second kappa shape index (κ2) is 8.83. The van der Waals surface area contributed by atoms with E-state index in [4.69, 9.17) is 9.47 Å². The standard InChI is InChI=1S/C20H20F3N3O3S2/c1-12(13-5-8-18(24-10-13)20(21,22)23)31(4,27)26-19-25-16(11-30-19)15-7-6-14(28-2)9-17(15)29-3/h5-12H,1-4H3. The smallest absolute Gasteiger partial charge is 0.433 e. The molecule has 0 radical (unpaired) electrons. The summed E-state index contributed by atoms with van der Waals surface area (Å²) >= 11 is 1.21. The fourth-order valence-electron chi connectivity index (χ4n) is 2.74. The van der Waals surface area contributed by atoms with Gasteiger partial charge in [0.2, 0.25) is 5.13 Å². The van der Waals surface area contributed by atoms with Crippen molar-refractivity contribution >= 4 is 26.2 Å². The highest BCUT2D eigenvalue weighted by molar-refractivity contribution is 7.93. The van der Waals surface area contributed by atoms with Gasteiger partial charge in [-0.15, -0.1) is 11.3 Å². The molecule has 2 aromatic heterocycles. The first-order valence-electron chi connectivity index (χ1n) is 8.97. The van der Waals surface area contributed by atoms with E-state index in [0.29, 0.717) is 27.9 Å². The first-order chi connectivity index (χ1) is 14.5. The van der Waals surface area contributed by atoms with Crippen LogP contribution in [0.3, 0.4) is 0 Å². The summed E-state index contributed by atoms with van der Waals surface area (Å²) in [5, 5.41) is 1.42. The summed E-state index contributed by atoms with van der Waals surface area (Å²) in [6.07, 6.45) is -1.99. The van der Waals surface area contributed by atoms with Gasteiger partial charge in [-0.2, -0.15) is 17.5 Å². The topological polar surface area (TPSA) is 73.7 Å². The molecule has 0 N–H and O–H groups in total. The number of alkyl halides is 3. The number of pyridine rings is 1. The molecule has 0 bridgehead atoms. The maximum Gasteiger partial charge on any atom is 0.433 e. The zero-order valence-electron chi connectivity index (χ0n) is 17.1. The van der Waals surface area contributed by atoms with Crippen molar-refractivity contribution in [3.8, 4) is 22.8 Å². The molecule has 31 heavy (non-hydrogen) atoms. The van der Waals surface area contributed by atoms with E-state index in [9.17, 15) is 17.4 Å². The Morgan fingerprint density at radius 2 is 1.90 bits per heavy atom. The summed E-state index contributed by atoms with van der Waals surface area (Å²) in [5.41, 5.74) is 0.727. The lowest BCUT2D eigenvalue weighted by molar-refractivity contribution is -0.141. The lowest BCUT2D eigenvalue weighted by Gasteiger charge is -2.14. The van der Waals surface area contributed by atoms with Crippen LogP contribution in [-0.4, -0.2) is 34.7 Å². The van der Waals surface area contributed by atoms with E-state index in [0.717, 1.165) is 17.8 Å². The largest absolute Gasteiger partial charge is 0.497 e. The average molecular weight is 472 g/mol. The molecule has 0 aliphatic heterocycles. The molecular weight excluding hydrogens is 451 g/mol. The Bertz CT molecular complexity index is 1180. The van der Waals surface area contributed by atoms with E-state index < -0.39 is 26.8 Å². The zero-order chi connectivity index (χ0) is 22.8. The summed E-state index contributed by atoms with van der Waals surface area (Å²) in [6, 6.07) is 7.45. The molecule has 2 heterocycles. The van der Waals surface area contributed by atoms with Gasteiger partial charge in [0.25, 0.3) is 0 Å². The first kappa shape index (κ1) is 23.0. The van der Waals surface area contributed by atoms with Crippen LogP contribution in [0.1, 0.15) is 23.4 Å². The van der Waals surface area contributed by atoms with Crippen molar-refractivity contribution < 1.29 is 26.9 Å². The van der Waals surface area contributed by atoms with Crippen molar-refractivity contribution in [3.63, 3.8) is 0 Å². The number of nitrogens with zero attached hydrogens (tertiary/aromatic N) is 3. The van der Waals surface area contributed by atoms with Crippen molar-refractivity contribution in [2.24, 2.45) is 4.36 Å². The van der Waals surface area contributed by atoms with Crippen LogP contribution in [0.5, 0.6) is 11.5 Å². The Kier molecular flexibility index (Phi) is 6.56. The van der Waals surface area contributed by atoms with Gasteiger partial charge >= 0.3 is 6.18 Å². The minimum atomic E-state index is -4.53. The Morgan fingerprint density at radius 3 is 2.48 bits per heavy atom. The van der Waals surface area contributed by atoms with Crippen molar-refractivity contribution in [3.05, 3.63) is 53.2 Å². The second-order valence-electron chi connectivity index (χ2n) is 6.65. The van der Waals surface area contributed by atoms with Gasteiger partial charge < -0.3 is 9.47 Å². The molecule has 3 rings (SSSR count). The third kappa shape index (κ3) is 5.16. The van der Waals surface area contributed by atoms with Crippen LogP contribution in [-0.2, 0) is 15.9 Å². The van der Waals surface area contributed by atoms with Crippen molar-refractivity contribution in [1.82, 2.24) is 9.97 Å². The predicted octanol–water partition coefficient (Wildman–Crippen LogP) is 5.73. The molecule has 2 atom stereocenters. The van der Waals surface area contributed by atoms with Crippen molar-refractivity contribution in [2.75, 3.05) is 20.5 Å². The van der Waals surface area contributed by atoms with Crippen LogP contribution in [0.25, 0.3) is 11.3 Å². The second-order valence-corrected chi connectivity index (χ2v) is 10.1. The highest BCUT2D eigenvalue weighted by atomic mass is 32.2. The van der Waals surface area contributed by atoms with Gasteiger partial charge in [0.15, 0.2) is 0 Å². The summed E-state index contributed by atoms with van der Waals surface area (Å²) in [4.78, 5) is 7.88. The van der Waals surface area contributed by atoms with Gasteiger partial charge in [0.1, 0.15) is 17.2 Å². The van der Waals surface area contributed by atoms with Gasteiger partial charge in [0.05, 0.1) is 34.9 Å². The molecule has 166 valence electrons. The van der Waals surface area contributed by atoms with E-state index in [1.54, 1.807) is 37.6 Å². The molecule has 0 fully saturated rings. The number of hydrogen-bond donors (Lipinski definition) is 0. The molecule has 2 unspecified atom stereocenters. The fraction of sp³-hybridized carbons (Fsp3) is 0.300. The molecule has 0 aliphatic rings. The zero-order valence-corrected chi connectivity index (χ0v) is 18.8. The molecular formula is C20H20F3N3O3S2. The molecule has 1 aromatic carbocycles. The summed E-state index contributed by atoms with van der Waals surface area (Å²) in [5.74, 6) is 1.20. The molecule has 0 spiro atoms.